The fourth-order valence-corrected chi connectivity index (χ4v) is 4.17. The number of likely N-dealkylation sites (tertiary alicyclic amines) is 1. The van der Waals surface area contributed by atoms with Crippen LogP contribution in [0.4, 0.5) is 0 Å². The Kier molecular flexibility index (Phi) is 4.45. The molecule has 1 fully saturated rings. The van der Waals surface area contributed by atoms with E-state index in [1.54, 1.807) is 6.92 Å². The Morgan fingerprint density at radius 1 is 1.38 bits per heavy atom. The molecule has 0 radical (unpaired) electrons. The minimum absolute atomic E-state index is 0.00973. The van der Waals surface area contributed by atoms with Crippen molar-refractivity contribution in [3.8, 4) is 0 Å². The summed E-state index contributed by atoms with van der Waals surface area (Å²) in [5.74, 6) is 0.106. The highest BCUT2D eigenvalue weighted by Crippen LogP contribution is 2.21. The van der Waals surface area contributed by atoms with Crippen LogP contribution in [0, 0.1) is 13.8 Å². The number of nitrogens with zero attached hydrogens (tertiary/aromatic N) is 1. The lowest BCUT2D eigenvalue weighted by molar-refractivity contribution is -0.910. The monoisotopic (exact) mass is 328 g/mol. The molecule has 2 aromatic heterocycles. The van der Waals surface area contributed by atoms with E-state index < -0.39 is 0 Å². The number of ketones is 2. The van der Waals surface area contributed by atoms with Gasteiger partial charge in [0, 0.05) is 37.3 Å². The van der Waals surface area contributed by atoms with Crippen LogP contribution >= 0.6 is 0 Å². The maximum Gasteiger partial charge on any atom is 0.233 e. The smallest absolute Gasteiger partial charge is 0.233 e. The molecule has 1 saturated heterocycles. The maximum absolute atomic E-state index is 12.8. The van der Waals surface area contributed by atoms with Gasteiger partial charge in [0.15, 0.2) is 5.78 Å². The zero-order chi connectivity index (χ0) is 17.4. The number of nitrogens with one attached hydrogen (secondary N) is 2. The van der Waals surface area contributed by atoms with Gasteiger partial charge in [-0.1, -0.05) is 0 Å². The number of carbonyl (C=O) groups is 2. The van der Waals surface area contributed by atoms with Crippen LogP contribution in [0.15, 0.2) is 18.3 Å². The molecular formula is C19H26N3O2+. The molecule has 2 N–H and O–H groups in total. The molecule has 0 bridgehead atoms. The third kappa shape index (κ3) is 2.84. The second kappa shape index (κ2) is 6.40. The zero-order valence-electron chi connectivity index (χ0n) is 14.9. The topological polar surface area (TPSA) is 59.3 Å². The molecule has 0 spiro atoms. The Morgan fingerprint density at radius 2 is 2.12 bits per heavy atom. The van der Waals surface area contributed by atoms with Gasteiger partial charge in [-0.05, 0) is 38.5 Å². The number of aromatic amines is 1. The van der Waals surface area contributed by atoms with E-state index in [-0.39, 0.29) is 11.6 Å². The molecule has 3 rings (SSSR count). The largest absolute Gasteiger partial charge is 0.355 e. The van der Waals surface area contributed by atoms with E-state index in [9.17, 15) is 9.59 Å². The minimum Gasteiger partial charge on any atom is -0.355 e. The van der Waals surface area contributed by atoms with Crippen molar-refractivity contribution in [1.29, 1.82) is 0 Å². The summed E-state index contributed by atoms with van der Waals surface area (Å²) in [5, 5.41) is 0. The normalized spacial score (nSPS) is 20.5. The van der Waals surface area contributed by atoms with Crippen molar-refractivity contribution in [3.63, 3.8) is 0 Å². The van der Waals surface area contributed by atoms with Crippen molar-refractivity contribution in [1.82, 2.24) is 9.55 Å². The molecule has 5 heteroatoms. The molecule has 2 aromatic rings. The number of Topliss-reactive ketones (excluding diaryl/α,β-unsaturated/α-hetero) is 2. The number of aromatic nitrogens is 2. The van der Waals surface area contributed by atoms with Gasteiger partial charge in [0.2, 0.25) is 5.78 Å². The average molecular weight is 328 g/mol. The molecule has 1 unspecified atom stereocenters. The van der Waals surface area contributed by atoms with Gasteiger partial charge < -0.3 is 14.5 Å². The Morgan fingerprint density at radius 3 is 2.71 bits per heavy atom. The number of aryl methyl sites for hydroxylation is 2. The predicted octanol–water partition coefficient (Wildman–Crippen LogP) is 1.78. The summed E-state index contributed by atoms with van der Waals surface area (Å²) in [6, 6.07) is 4.58. The van der Waals surface area contributed by atoms with Gasteiger partial charge in [0.25, 0.3) is 0 Å². The Hall–Kier alpha value is -2.14. The summed E-state index contributed by atoms with van der Waals surface area (Å²) in [6.45, 7) is 6.75. The van der Waals surface area contributed by atoms with Gasteiger partial charge >= 0.3 is 0 Å². The summed E-state index contributed by atoms with van der Waals surface area (Å²) in [4.78, 5) is 29.1. The number of carbonyl (C=O) groups excluding carboxylic acids is 2. The predicted molar refractivity (Wildman–Crippen MR) is 92.7 cm³/mol. The highest BCUT2D eigenvalue weighted by atomic mass is 16.1. The lowest BCUT2D eigenvalue weighted by atomic mass is 10.0. The van der Waals surface area contributed by atoms with Crippen LogP contribution in [0.2, 0.25) is 0 Å². The van der Waals surface area contributed by atoms with Gasteiger partial charge in [-0.2, -0.15) is 0 Å². The van der Waals surface area contributed by atoms with Gasteiger partial charge in [-0.25, -0.2) is 0 Å². The van der Waals surface area contributed by atoms with E-state index in [1.165, 1.54) is 10.6 Å². The first kappa shape index (κ1) is 16.7. The third-order valence-electron chi connectivity index (χ3n) is 5.28. The van der Waals surface area contributed by atoms with Crippen LogP contribution in [0.3, 0.4) is 0 Å². The van der Waals surface area contributed by atoms with Crippen LogP contribution in [0.1, 0.15) is 63.6 Å². The highest BCUT2D eigenvalue weighted by molar-refractivity contribution is 6.03. The zero-order valence-corrected chi connectivity index (χ0v) is 14.9. The summed E-state index contributed by atoms with van der Waals surface area (Å²) >= 11 is 0. The van der Waals surface area contributed by atoms with E-state index >= 15 is 0 Å². The first-order valence-electron chi connectivity index (χ1n) is 8.59. The fourth-order valence-electron chi connectivity index (χ4n) is 4.17. The Bertz CT molecular complexity index is 785. The quantitative estimate of drug-likeness (QED) is 0.822. The summed E-state index contributed by atoms with van der Waals surface area (Å²) in [5.41, 5.74) is 4.13. The third-order valence-corrected chi connectivity index (χ3v) is 5.28. The SMILES string of the molecule is CC(=O)c1c(C)[nH]c(C(=O)C[NH+]2CCC[C@@H]2c2cccn2C)c1C. The van der Waals surface area contributed by atoms with Gasteiger partial charge in [-0.3, -0.25) is 9.59 Å². The summed E-state index contributed by atoms with van der Waals surface area (Å²) in [6.07, 6.45) is 4.31. The second-order valence-electron chi connectivity index (χ2n) is 6.93. The molecule has 1 aliphatic rings. The maximum atomic E-state index is 12.8. The second-order valence-corrected chi connectivity index (χ2v) is 6.93. The average Bonchev–Trinajstić information content (AvgIpc) is 3.18. The van der Waals surface area contributed by atoms with E-state index in [0.717, 1.165) is 30.6 Å². The van der Waals surface area contributed by atoms with Crippen molar-refractivity contribution in [2.75, 3.05) is 13.1 Å². The first-order chi connectivity index (χ1) is 11.4. The van der Waals surface area contributed by atoms with Crippen molar-refractivity contribution in [3.05, 3.63) is 46.5 Å². The molecule has 3 heterocycles. The standard InChI is InChI=1S/C19H25N3O2/c1-12-18(14(3)23)13(2)20-19(12)17(24)11-22-10-6-8-16(22)15-7-5-9-21(15)4/h5,7,9,16,20H,6,8,10-11H2,1-4H3/p+1/t16-/m1/s1. The fraction of sp³-hybridized carbons (Fsp3) is 0.474. The lowest BCUT2D eigenvalue weighted by Crippen LogP contribution is -3.11. The van der Waals surface area contributed by atoms with E-state index in [2.05, 4.69) is 34.9 Å². The van der Waals surface area contributed by atoms with Crippen LogP contribution in [0.5, 0.6) is 0 Å². The van der Waals surface area contributed by atoms with Crippen molar-refractivity contribution >= 4 is 11.6 Å². The molecule has 2 atom stereocenters. The molecule has 0 aromatic carbocycles. The van der Waals surface area contributed by atoms with E-state index in [4.69, 9.17) is 0 Å². The first-order valence-corrected chi connectivity index (χ1v) is 8.59. The molecule has 1 aliphatic heterocycles. The summed E-state index contributed by atoms with van der Waals surface area (Å²) in [7, 11) is 2.06. The van der Waals surface area contributed by atoms with Crippen LogP contribution in [-0.4, -0.2) is 34.2 Å². The van der Waals surface area contributed by atoms with Gasteiger partial charge in [0.1, 0.15) is 12.6 Å². The molecule has 5 nitrogen and oxygen atoms in total. The molecule has 24 heavy (non-hydrogen) atoms. The van der Waals surface area contributed by atoms with Gasteiger partial charge in [-0.15, -0.1) is 0 Å². The highest BCUT2D eigenvalue weighted by Gasteiger charge is 2.34. The molecular weight excluding hydrogens is 302 g/mol. The lowest BCUT2D eigenvalue weighted by Gasteiger charge is -2.21. The van der Waals surface area contributed by atoms with E-state index in [0.29, 0.717) is 23.8 Å². The van der Waals surface area contributed by atoms with Crippen LogP contribution in [0.25, 0.3) is 0 Å². The van der Waals surface area contributed by atoms with Crippen molar-refractivity contribution in [2.45, 2.75) is 39.7 Å². The molecule has 128 valence electrons. The number of rotatable bonds is 5. The van der Waals surface area contributed by atoms with Crippen molar-refractivity contribution in [2.24, 2.45) is 7.05 Å². The minimum atomic E-state index is 0.00973. The number of H-pyrrole nitrogens is 1. The van der Waals surface area contributed by atoms with Crippen molar-refractivity contribution < 1.29 is 14.5 Å². The number of hydrogen-bond acceptors (Lipinski definition) is 2. The molecule has 0 saturated carbocycles. The number of hydrogen-bond donors (Lipinski definition) is 2. The molecule has 0 aliphatic carbocycles. The van der Waals surface area contributed by atoms with Crippen LogP contribution in [-0.2, 0) is 7.05 Å². The van der Waals surface area contributed by atoms with Gasteiger partial charge in [0.05, 0.1) is 17.9 Å². The Labute approximate surface area is 142 Å². The van der Waals surface area contributed by atoms with Crippen LogP contribution < -0.4 is 4.90 Å². The Balaban J connectivity index is 1.81. The number of quaternary nitrogens is 1. The van der Waals surface area contributed by atoms with E-state index in [1.807, 2.05) is 13.8 Å². The molecule has 0 amide bonds. The summed E-state index contributed by atoms with van der Waals surface area (Å²) < 4.78 is 2.15.